The second-order valence-corrected chi connectivity index (χ2v) is 6.63. The van der Waals surface area contributed by atoms with E-state index in [1.807, 2.05) is 0 Å². The van der Waals surface area contributed by atoms with Gasteiger partial charge in [-0.2, -0.15) is 5.26 Å². The van der Waals surface area contributed by atoms with Crippen LogP contribution < -0.4 is 5.32 Å². The molecule has 0 bridgehead atoms. The van der Waals surface area contributed by atoms with E-state index >= 15 is 0 Å². The van der Waals surface area contributed by atoms with E-state index in [2.05, 4.69) is 5.32 Å². The normalized spacial score (nSPS) is 11.0. The van der Waals surface area contributed by atoms with E-state index in [4.69, 9.17) is 27.6 Å². The highest BCUT2D eigenvalue weighted by atomic mass is 35.5. The van der Waals surface area contributed by atoms with Crippen molar-refractivity contribution in [3.05, 3.63) is 86.1 Å². The third kappa shape index (κ3) is 4.82. The Hall–Kier alpha value is -3.60. The van der Waals surface area contributed by atoms with Crippen LogP contribution in [0.25, 0.3) is 17.4 Å². The molecule has 1 amide bonds. The number of rotatable bonds is 5. The van der Waals surface area contributed by atoms with Crippen molar-refractivity contribution in [3.8, 4) is 17.4 Å². The molecule has 2 aromatic carbocycles. The molecule has 0 aliphatic rings. The Labute approximate surface area is 174 Å². The van der Waals surface area contributed by atoms with E-state index in [1.54, 1.807) is 30.3 Å². The molecular weight excluding hydrogens is 417 g/mol. The monoisotopic (exact) mass is 427 g/mol. The molecule has 29 heavy (non-hydrogen) atoms. The van der Waals surface area contributed by atoms with E-state index < -0.39 is 10.8 Å². The minimum Gasteiger partial charge on any atom is -0.456 e. The summed E-state index contributed by atoms with van der Waals surface area (Å²) in [6.07, 6.45) is 1.24. The predicted molar refractivity (Wildman–Crippen MR) is 109 cm³/mol. The fourth-order valence-corrected chi connectivity index (χ4v) is 2.85. The number of carbonyl (C=O) groups is 1. The number of hydrogen-bond donors (Lipinski definition) is 1. The fourth-order valence-electron chi connectivity index (χ4n) is 2.49. The number of anilines is 1. The van der Waals surface area contributed by atoms with Crippen LogP contribution >= 0.6 is 23.2 Å². The van der Waals surface area contributed by atoms with E-state index in [0.29, 0.717) is 10.7 Å². The first-order valence-electron chi connectivity index (χ1n) is 8.10. The molecule has 1 aromatic heterocycles. The number of amides is 1. The van der Waals surface area contributed by atoms with Gasteiger partial charge in [-0.25, -0.2) is 0 Å². The van der Waals surface area contributed by atoms with Crippen molar-refractivity contribution in [1.29, 1.82) is 5.26 Å². The zero-order valence-corrected chi connectivity index (χ0v) is 16.1. The molecule has 7 nitrogen and oxygen atoms in total. The number of nitro groups is 1. The third-order valence-corrected chi connectivity index (χ3v) is 4.25. The summed E-state index contributed by atoms with van der Waals surface area (Å²) in [5.41, 5.74) is 0.222. The van der Waals surface area contributed by atoms with Crippen LogP contribution in [-0.4, -0.2) is 10.8 Å². The lowest BCUT2D eigenvalue weighted by Gasteiger charge is -2.04. The number of hydrogen-bond acceptors (Lipinski definition) is 5. The molecule has 0 aliphatic heterocycles. The Morgan fingerprint density at radius 3 is 2.59 bits per heavy atom. The largest absolute Gasteiger partial charge is 0.456 e. The van der Waals surface area contributed by atoms with Gasteiger partial charge in [0.2, 0.25) is 0 Å². The standard InChI is InChI=1S/C20H11Cl2N3O4/c21-13-2-1-3-15(9-13)24-20(26)12(11-23)8-16-5-7-19(29-16)17-6-4-14(22)10-18(17)25(27)28/h1-10H,(H,24,26)/b12-8-. The van der Waals surface area contributed by atoms with Gasteiger partial charge in [0.1, 0.15) is 23.2 Å². The lowest BCUT2D eigenvalue weighted by atomic mass is 10.1. The number of halogens is 2. The Bertz CT molecular complexity index is 1180. The summed E-state index contributed by atoms with van der Waals surface area (Å²) in [6.45, 7) is 0. The molecule has 0 saturated carbocycles. The van der Waals surface area contributed by atoms with Crippen LogP contribution in [0.1, 0.15) is 5.76 Å². The van der Waals surface area contributed by atoms with Crippen LogP contribution in [0.5, 0.6) is 0 Å². The smallest absolute Gasteiger partial charge is 0.281 e. The van der Waals surface area contributed by atoms with Gasteiger partial charge in [0.15, 0.2) is 0 Å². The van der Waals surface area contributed by atoms with Gasteiger partial charge in [0.05, 0.1) is 10.5 Å². The topological polar surface area (TPSA) is 109 Å². The van der Waals surface area contributed by atoms with Gasteiger partial charge in [0, 0.05) is 27.9 Å². The number of nitrogens with zero attached hydrogens (tertiary/aromatic N) is 2. The zero-order valence-electron chi connectivity index (χ0n) is 14.6. The molecular formula is C20H11Cl2N3O4. The van der Waals surface area contributed by atoms with Crippen molar-refractivity contribution in [2.75, 3.05) is 5.32 Å². The summed E-state index contributed by atoms with van der Waals surface area (Å²) in [4.78, 5) is 23.0. The molecule has 0 unspecified atom stereocenters. The van der Waals surface area contributed by atoms with E-state index in [-0.39, 0.29) is 33.4 Å². The van der Waals surface area contributed by atoms with Gasteiger partial charge in [0.25, 0.3) is 11.6 Å². The first-order chi connectivity index (χ1) is 13.9. The highest BCUT2D eigenvalue weighted by Gasteiger charge is 2.19. The lowest BCUT2D eigenvalue weighted by Crippen LogP contribution is -2.13. The van der Waals surface area contributed by atoms with Crippen LogP contribution in [0, 0.1) is 21.4 Å². The molecule has 9 heteroatoms. The SMILES string of the molecule is N#C/C(=C/c1ccc(-c2ccc(Cl)cc2[N+](=O)[O-])o1)C(=O)Nc1cccc(Cl)c1. The second kappa shape index (κ2) is 8.61. The summed E-state index contributed by atoms with van der Waals surface area (Å²) in [6, 6.07) is 15.5. The Morgan fingerprint density at radius 2 is 1.90 bits per heavy atom. The van der Waals surface area contributed by atoms with Crippen molar-refractivity contribution in [2.45, 2.75) is 0 Å². The Kier molecular flexibility index (Phi) is 5.98. The molecule has 144 valence electrons. The van der Waals surface area contributed by atoms with Crippen LogP contribution in [0.4, 0.5) is 11.4 Å². The van der Waals surface area contributed by atoms with Gasteiger partial charge < -0.3 is 9.73 Å². The van der Waals surface area contributed by atoms with E-state index in [9.17, 15) is 20.2 Å². The Morgan fingerprint density at radius 1 is 1.14 bits per heavy atom. The minimum atomic E-state index is -0.648. The molecule has 0 aliphatic carbocycles. The summed E-state index contributed by atoms with van der Waals surface area (Å²) in [5.74, 6) is -0.264. The summed E-state index contributed by atoms with van der Waals surface area (Å²) >= 11 is 11.7. The highest BCUT2D eigenvalue weighted by Crippen LogP contribution is 2.33. The zero-order chi connectivity index (χ0) is 21.0. The first kappa shape index (κ1) is 20.1. The molecule has 3 rings (SSSR count). The van der Waals surface area contributed by atoms with Crippen LogP contribution in [-0.2, 0) is 4.79 Å². The molecule has 3 aromatic rings. The number of nitro benzene ring substituents is 1. The third-order valence-electron chi connectivity index (χ3n) is 3.78. The molecule has 0 spiro atoms. The summed E-state index contributed by atoms with van der Waals surface area (Å²) in [7, 11) is 0. The predicted octanol–water partition coefficient (Wildman–Crippen LogP) is 5.71. The highest BCUT2D eigenvalue weighted by molar-refractivity contribution is 6.31. The van der Waals surface area contributed by atoms with Crippen molar-refractivity contribution in [2.24, 2.45) is 0 Å². The van der Waals surface area contributed by atoms with Crippen LogP contribution in [0.2, 0.25) is 10.0 Å². The number of furan rings is 1. The molecule has 0 atom stereocenters. The quantitative estimate of drug-likeness (QED) is 0.242. The molecule has 1 N–H and O–H groups in total. The van der Waals surface area contributed by atoms with Gasteiger partial charge in [-0.3, -0.25) is 14.9 Å². The van der Waals surface area contributed by atoms with Gasteiger partial charge in [-0.05, 0) is 42.5 Å². The van der Waals surface area contributed by atoms with Gasteiger partial charge in [-0.15, -0.1) is 0 Å². The molecule has 0 radical (unpaired) electrons. The van der Waals surface area contributed by atoms with Crippen molar-refractivity contribution in [3.63, 3.8) is 0 Å². The Balaban J connectivity index is 1.87. The molecule has 0 saturated heterocycles. The van der Waals surface area contributed by atoms with E-state index in [0.717, 1.165) is 0 Å². The maximum absolute atomic E-state index is 12.3. The molecule has 1 heterocycles. The minimum absolute atomic E-state index is 0.182. The number of carbonyl (C=O) groups excluding carboxylic acids is 1. The molecule has 0 fully saturated rings. The van der Waals surface area contributed by atoms with Gasteiger partial charge in [-0.1, -0.05) is 29.3 Å². The average Bonchev–Trinajstić information content (AvgIpc) is 3.14. The number of benzene rings is 2. The number of nitrogens with one attached hydrogen (secondary N) is 1. The van der Waals surface area contributed by atoms with Crippen molar-refractivity contribution >= 4 is 46.6 Å². The van der Waals surface area contributed by atoms with E-state index in [1.165, 1.54) is 36.4 Å². The van der Waals surface area contributed by atoms with Crippen LogP contribution in [0.3, 0.4) is 0 Å². The van der Waals surface area contributed by atoms with Crippen LogP contribution in [0.15, 0.2) is 64.6 Å². The second-order valence-electron chi connectivity index (χ2n) is 5.75. The maximum atomic E-state index is 12.3. The summed E-state index contributed by atoms with van der Waals surface area (Å²) < 4.78 is 5.58. The van der Waals surface area contributed by atoms with Crippen molar-refractivity contribution < 1.29 is 14.1 Å². The first-order valence-corrected chi connectivity index (χ1v) is 8.86. The summed E-state index contributed by atoms with van der Waals surface area (Å²) in [5, 5.41) is 23.8. The van der Waals surface area contributed by atoms with Gasteiger partial charge >= 0.3 is 0 Å². The number of nitriles is 1. The average molecular weight is 428 g/mol. The lowest BCUT2D eigenvalue weighted by molar-refractivity contribution is -0.384. The van der Waals surface area contributed by atoms with Crippen molar-refractivity contribution in [1.82, 2.24) is 0 Å². The maximum Gasteiger partial charge on any atom is 0.281 e. The fraction of sp³-hybridized carbons (Fsp3) is 0.